The first-order valence-corrected chi connectivity index (χ1v) is 15.9. The molecule has 3 aromatic carbocycles. The van der Waals surface area contributed by atoms with Crippen LogP contribution in [0.4, 0.5) is 13.2 Å². The highest BCUT2D eigenvalue weighted by molar-refractivity contribution is 7.89. The smallest absolute Gasteiger partial charge is 0.378 e. The molecule has 1 amide bonds. The van der Waals surface area contributed by atoms with Crippen LogP contribution in [0.1, 0.15) is 33.1 Å². The third-order valence-electron chi connectivity index (χ3n) is 8.48. The fourth-order valence-electron chi connectivity index (χ4n) is 6.20. The van der Waals surface area contributed by atoms with E-state index in [9.17, 15) is 41.4 Å². The Balaban J connectivity index is 1.78. The number of hydrogen-bond acceptors (Lipinski definition) is 7. The quantitative estimate of drug-likeness (QED) is 0.316. The van der Waals surface area contributed by atoms with Crippen molar-refractivity contribution in [1.29, 1.82) is 0 Å². The Morgan fingerprint density at radius 3 is 2.39 bits per heavy atom. The fourth-order valence-corrected chi connectivity index (χ4v) is 7.81. The summed E-state index contributed by atoms with van der Waals surface area (Å²) in [7, 11) is -3.44. The van der Waals surface area contributed by atoms with Crippen molar-refractivity contribution in [3.63, 3.8) is 0 Å². The second kappa shape index (κ2) is 11.9. The van der Waals surface area contributed by atoms with Gasteiger partial charge in [0.15, 0.2) is 11.3 Å². The second-order valence-electron chi connectivity index (χ2n) is 11.3. The third kappa shape index (κ3) is 5.49. The summed E-state index contributed by atoms with van der Waals surface area (Å²) >= 11 is 0. The topological polar surface area (TPSA) is 129 Å². The zero-order valence-corrected chi connectivity index (χ0v) is 25.4. The van der Waals surface area contributed by atoms with Gasteiger partial charge in [-0.25, -0.2) is 8.42 Å². The molecule has 0 spiro atoms. The predicted molar refractivity (Wildman–Crippen MR) is 162 cm³/mol. The van der Waals surface area contributed by atoms with Crippen molar-refractivity contribution in [3.8, 4) is 11.1 Å². The van der Waals surface area contributed by atoms with Gasteiger partial charge < -0.3 is 19.8 Å². The highest BCUT2D eigenvalue weighted by Gasteiger charge is 2.44. The van der Waals surface area contributed by atoms with Crippen LogP contribution < -0.4 is 5.56 Å². The Hall–Kier alpha value is -4.08. The van der Waals surface area contributed by atoms with Crippen molar-refractivity contribution in [2.45, 2.75) is 30.0 Å². The lowest BCUT2D eigenvalue weighted by Crippen LogP contribution is -2.51. The first kappa shape index (κ1) is 31.9. The van der Waals surface area contributed by atoms with Crippen molar-refractivity contribution in [2.75, 3.05) is 39.9 Å². The number of morpholine rings is 1. The maximum atomic E-state index is 14.5. The molecule has 46 heavy (non-hydrogen) atoms. The number of alkyl halides is 3. The second-order valence-corrected chi connectivity index (χ2v) is 13.2. The van der Waals surface area contributed by atoms with Crippen LogP contribution >= 0.6 is 0 Å². The van der Waals surface area contributed by atoms with Crippen molar-refractivity contribution < 1.29 is 41.3 Å². The maximum Gasteiger partial charge on any atom is 0.416 e. The van der Waals surface area contributed by atoms with E-state index in [-0.39, 0.29) is 49.4 Å². The van der Waals surface area contributed by atoms with Crippen LogP contribution in [0.25, 0.3) is 21.9 Å². The van der Waals surface area contributed by atoms with Crippen molar-refractivity contribution >= 4 is 26.7 Å². The number of fused-ring (bicyclic) bond motifs is 2. The van der Waals surface area contributed by atoms with Gasteiger partial charge in [-0.2, -0.15) is 17.5 Å². The number of pyridine rings is 1. The molecule has 2 aliphatic rings. The monoisotopic (exact) mass is 657 g/mol. The summed E-state index contributed by atoms with van der Waals surface area (Å²) in [5.74, 6) is -0.769. The van der Waals surface area contributed by atoms with Crippen LogP contribution in [0, 0.1) is 0 Å². The number of ether oxygens (including phenoxy) is 1. The van der Waals surface area contributed by atoms with E-state index >= 15 is 0 Å². The fraction of sp³-hybridized carbons (Fsp3) is 0.312. The average Bonchev–Trinajstić information content (AvgIpc) is 3.03. The van der Waals surface area contributed by atoms with Crippen LogP contribution in [-0.2, 0) is 27.4 Å². The molecular formula is C32H30F3N3O7S. The molecule has 0 radical (unpaired) electrons. The minimum absolute atomic E-state index is 0.0894. The van der Waals surface area contributed by atoms with Crippen molar-refractivity contribution in [2.24, 2.45) is 0 Å². The number of likely N-dealkylation sites (N-methyl/N-ethyl adjacent to an activating group) is 1. The lowest BCUT2D eigenvalue weighted by molar-refractivity contribution is -0.137. The molecular weight excluding hydrogens is 627 g/mol. The molecule has 1 aromatic heterocycles. The summed E-state index contributed by atoms with van der Waals surface area (Å²) in [6.07, 6.45) is -7.25. The molecule has 1 unspecified atom stereocenters. The van der Waals surface area contributed by atoms with Gasteiger partial charge in [-0.15, -0.1) is 0 Å². The normalized spacial score (nSPS) is 18.6. The summed E-state index contributed by atoms with van der Waals surface area (Å²) in [6, 6.07) is 15.0. The number of sulfonamides is 1. The number of aliphatic hydroxyl groups excluding tert-OH is 1. The van der Waals surface area contributed by atoms with Gasteiger partial charge in [0.1, 0.15) is 11.6 Å². The predicted octanol–water partition coefficient (Wildman–Crippen LogP) is 3.24. The number of benzene rings is 3. The molecule has 4 aromatic rings. The van der Waals surface area contributed by atoms with Crippen LogP contribution in [0.3, 0.4) is 0 Å². The Morgan fingerprint density at radius 1 is 1.02 bits per heavy atom. The molecule has 1 fully saturated rings. The zero-order valence-electron chi connectivity index (χ0n) is 24.6. The first-order chi connectivity index (χ1) is 21.8. The molecule has 0 aliphatic carbocycles. The lowest BCUT2D eigenvalue weighted by Gasteiger charge is -2.37. The van der Waals surface area contributed by atoms with Crippen LogP contribution in [0.5, 0.6) is 0 Å². The molecule has 6 rings (SSSR count). The van der Waals surface area contributed by atoms with E-state index < -0.39 is 62.7 Å². The number of amides is 1. The molecule has 10 nitrogen and oxygen atoms in total. The minimum atomic E-state index is -4.80. The summed E-state index contributed by atoms with van der Waals surface area (Å²) in [4.78, 5) is 30.1. The average molecular weight is 658 g/mol. The van der Waals surface area contributed by atoms with Gasteiger partial charge in [0.2, 0.25) is 0 Å². The molecule has 2 aliphatic heterocycles. The van der Waals surface area contributed by atoms with Gasteiger partial charge in [0, 0.05) is 32.2 Å². The summed E-state index contributed by atoms with van der Waals surface area (Å²) in [6.45, 7) is 0.0326. The van der Waals surface area contributed by atoms with E-state index in [4.69, 9.17) is 4.74 Å². The minimum Gasteiger partial charge on any atom is -0.378 e. The number of carbonyl (C=O) groups excluding carboxylic acids is 1. The Kier molecular flexibility index (Phi) is 8.27. The van der Waals surface area contributed by atoms with E-state index in [0.717, 1.165) is 33.3 Å². The third-order valence-corrected chi connectivity index (χ3v) is 10.3. The van der Waals surface area contributed by atoms with Gasteiger partial charge >= 0.3 is 6.18 Å². The van der Waals surface area contributed by atoms with Crippen molar-refractivity contribution in [3.05, 3.63) is 99.3 Å². The van der Waals surface area contributed by atoms with E-state index in [1.807, 2.05) is 24.3 Å². The largest absolute Gasteiger partial charge is 0.416 e. The number of nitrogens with zero attached hydrogens (tertiary/aromatic N) is 3. The Labute approximate surface area is 261 Å². The van der Waals surface area contributed by atoms with E-state index in [2.05, 4.69) is 0 Å². The highest BCUT2D eigenvalue weighted by Crippen LogP contribution is 2.41. The molecule has 0 saturated carbocycles. The summed E-state index contributed by atoms with van der Waals surface area (Å²) in [5.41, 5.74) is -2.64. The van der Waals surface area contributed by atoms with Crippen molar-refractivity contribution in [1.82, 2.24) is 13.8 Å². The standard InChI is InChI=1S/C32H30F3N3O7S/c1-36-18-25(31(41)42)38-29(40)27(28(39)37-12-14-45-15-13-37)24(17-20-8-4-7-19-6-2-3-11-23(19)20)26(30(38)46(36,43)44)21-9-5-10-22(16-21)32(33,34)35/h2-11,16,25,31,41-42H,12-15,17-18H2,1H3. The molecule has 1 saturated heterocycles. The zero-order chi connectivity index (χ0) is 33.0. The van der Waals surface area contributed by atoms with E-state index in [1.54, 1.807) is 18.2 Å². The van der Waals surface area contributed by atoms with Crippen LogP contribution in [-0.4, -0.2) is 84.5 Å². The molecule has 14 heteroatoms. The van der Waals surface area contributed by atoms with Crippen LogP contribution in [0.15, 0.2) is 76.6 Å². The summed E-state index contributed by atoms with van der Waals surface area (Å²) in [5, 5.41) is 21.5. The van der Waals surface area contributed by atoms with E-state index in [1.165, 1.54) is 18.0 Å². The number of carbonyl (C=O) groups is 1. The Bertz CT molecular complexity index is 2000. The van der Waals surface area contributed by atoms with Gasteiger partial charge in [-0.1, -0.05) is 54.6 Å². The van der Waals surface area contributed by atoms with E-state index in [0.29, 0.717) is 10.1 Å². The molecule has 0 bridgehead atoms. The molecule has 242 valence electrons. The summed E-state index contributed by atoms with van der Waals surface area (Å²) < 4.78 is 77.0. The maximum absolute atomic E-state index is 14.5. The Morgan fingerprint density at radius 2 is 1.70 bits per heavy atom. The number of halogens is 3. The highest BCUT2D eigenvalue weighted by atomic mass is 32.2. The van der Waals surface area contributed by atoms with Gasteiger partial charge in [-0.3, -0.25) is 14.2 Å². The number of aromatic nitrogens is 1. The van der Waals surface area contributed by atoms with Gasteiger partial charge in [0.25, 0.3) is 21.5 Å². The SMILES string of the molecule is CN1CC(C(O)O)n2c(c(-c3cccc(C(F)(F)F)c3)c(Cc3cccc4ccccc34)c(C(=O)N3CCOCC3)c2=O)S1(=O)=O. The molecule has 2 N–H and O–H groups in total. The molecule has 1 atom stereocenters. The molecule has 3 heterocycles. The lowest BCUT2D eigenvalue weighted by atomic mass is 9.89. The first-order valence-electron chi connectivity index (χ1n) is 14.5. The number of hydrogen-bond donors (Lipinski definition) is 2. The number of rotatable bonds is 5. The number of aliphatic hydroxyl groups is 2. The van der Waals surface area contributed by atoms with Gasteiger partial charge in [-0.05, 0) is 46.0 Å². The van der Waals surface area contributed by atoms with Crippen LogP contribution in [0.2, 0.25) is 0 Å². The van der Waals surface area contributed by atoms with Gasteiger partial charge in [0.05, 0.1) is 18.8 Å².